The Bertz CT molecular complexity index is 1150. The van der Waals surface area contributed by atoms with Crippen molar-refractivity contribution in [2.75, 3.05) is 11.9 Å². The number of hydrogen-bond acceptors (Lipinski definition) is 8. The van der Waals surface area contributed by atoms with Gasteiger partial charge in [-0.2, -0.15) is 5.26 Å². The Kier molecular flexibility index (Phi) is 5.45. The van der Waals surface area contributed by atoms with Crippen molar-refractivity contribution in [3.63, 3.8) is 0 Å². The minimum absolute atomic E-state index is 0.237. The third kappa shape index (κ3) is 3.37. The van der Waals surface area contributed by atoms with Gasteiger partial charge in [-0.05, 0) is 45.7 Å². The quantitative estimate of drug-likeness (QED) is 0.639. The maximum Gasteiger partial charge on any atom is 0.348 e. The number of anilines is 1. The SMILES string of the molecule is CCOC(=O)c1sc(NC(=O)c2sc3nc(C)nc(C)c3c2C)c(C#N)c1C. The Morgan fingerprint density at radius 1 is 1.11 bits per heavy atom. The molecule has 144 valence electrons. The van der Waals surface area contributed by atoms with Crippen LogP contribution in [0.25, 0.3) is 10.2 Å². The highest BCUT2D eigenvalue weighted by molar-refractivity contribution is 7.21. The normalized spacial score (nSPS) is 10.7. The van der Waals surface area contributed by atoms with E-state index in [9.17, 15) is 14.9 Å². The van der Waals surface area contributed by atoms with Crippen LogP contribution in [0.5, 0.6) is 0 Å². The fraction of sp³-hybridized carbons (Fsp3) is 0.316. The average Bonchev–Trinajstić information content (AvgIpc) is 3.12. The molecule has 3 aromatic heterocycles. The van der Waals surface area contributed by atoms with Crippen LogP contribution in [0.4, 0.5) is 5.00 Å². The van der Waals surface area contributed by atoms with Crippen molar-refractivity contribution < 1.29 is 14.3 Å². The Labute approximate surface area is 170 Å². The number of rotatable bonds is 4. The van der Waals surface area contributed by atoms with E-state index in [0.717, 1.165) is 32.8 Å². The van der Waals surface area contributed by atoms with Gasteiger partial charge in [-0.25, -0.2) is 14.8 Å². The second-order valence-corrected chi connectivity index (χ2v) is 8.16. The number of fused-ring (bicyclic) bond motifs is 1. The van der Waals surface area contributed by atoms with Crippen LogP contribution in [-0.4, -0.2) is 28.5 Å². The molecule has 3 heterocycles. The molecule has 0 bridgehead atoms. The summed E-state index contributed by atoms with van der Waals surface area (Å²) in [5.41, 5.74) is 2.40. The molecule has 0 fully saturated rings. The number of aromatic nitrogens is 2. The van der Waals surface area contributed by atoms with Crippen molar-refractivity contribution in [1.82, 2.24) is 9.97 Å². The first-order chi connectivity index (χ1) is 13.3. The molecule has 1 N–H and O–H groups in total. The fourth-order valence-corrected chi connectivity index (χ4v) is 5.20. The summed E-state index contributed by atoms with van der Waals surface area (Å²) in [7, 11) is 0. The van der Waals surface area contributed by atoms with Gasteiger partial charge in [-0.3, -0.25) is 4.79 Å². The van der Waals surface area contributed by atoms with E-state index in [0.29, 0.717) is 26.1 Å². The fourth-order valence-electron chi connectivity index (χ4n) is 2.98. The minimum atomic E-state index is -0.499. The third-order valence-electron chi connectivity index (χ3n) is 4.24. The number of esters is 1. The van der Waals surface area contributed by atoms with Crippen LogP contribution < -0.4 is 5.32 Å². The third-order valence-corrected chi connectivity index (χ3v) is 6.61. The standard InChI is InChI=1S/C19H18N4O3S2/c1-6-26-19(25)15-8(2)12(7-20)17(28-15)23-16(24)14-9(3)13-10(4)21-11(5)22-18(13)27-14/h6H2,1-5H3,(H,23,24). The highest BCUT2D eigenvalue weighted by Crippen LogP contribution is 2.35. The van der Waals surface area contributed by atoms with Gasteiger partial charge < -0.3 is 10.1 Å². The van der Waals surface area contributed by atoms with Crippen LogP contribution in [0, 0.1) is 39.0 Å². The Morgan fingerprint density at radius 3 is 2.46 bits per heavy atom. The molecule has 9 heteroatoms. The maximum absolute atomic E-state index is 12.9. The van der Waals surface area contributed by atoms with Crippen LogP contribution >= 0.6 is 22.7 Å². The number of nitriles is 1. The van der Waals surface area contributed by atoms with Gasteiger partial charge >= 0.3 is 5.97 Å². The lowest BCUT2D eigenvalue weighted by molar-refractivity contribution is 0.0531. The van der Waals surface area contributed by atoms with Gasteiger partial charge in [0.25, 0.3) is 5.91 Å². The topological polar surface area (TPSA) is 105 Å². The average molecular weight is 415 g/mol. The number of nitrogens with zero attached hydrogens (tertiary/aromatic N) is 3. The number of nitrogens with one attached hydrogen (secondary N) is 1. The zero-order valence-electron chi connectivity index (χ0n) is 16.1. The lowest BCUT2D eigenvalue weighted by atomic mass is 10.1. The predicted molar refractivity (Wildman–Crippen MR) is 109 cm³/mol. The monoisotopic (exact) mass is 414 g/mol. The first-order valence-electron chi connectivity index (χ1n) is 8.54. The summed E-state index contributed by atoms with van der Waals surface area (Å²) in [4.78, 5) is 35.4. The van der Waals surface area contributed by atoms with Crippen molar-refractivity contribution in [3.05, 3.63) is 38.0 Å². The molecule has 0 spiro atoms. The molecule has 0 aliphatic rings. The Balaban J connectivity index is 2.00. The van der Waals surface area contributed by atoms with Crippen molar-refractivity contribution in [3.8, 4) is 6.07 Å². The molecule has 1 amide bonds. The minimum Gasteiger partial charge on any atom is -0.462 e. The number of hydrogen-bond donors (Lipinski definition) is 1. The molecule has 0 aromatic carbocycles. The summed E-state index contributed by atoms with van der Waals surface area (Å²) >= 11 is 2.33. The van der Waals surface area contributed by atoms with Crippen LogP contribution in [-0.2, 0) is 4.74 Å². The summed E-state index contributed by atoms with van der Waals surface area (Å²) in [5.74, 6) is -0.190. The highest BCUT2D eigenvalue weighted by Gasteiger charge is 2.24. The number of carbonyl (C=O) groups is 2. The van der Waals surface area contributed by atoms with Gasteiger partial charge in [0.2, 0.25) is 0 Å². The molecule has 0 radical (unpaired) electrons. The molecule has 0 saturated carbocycles. The second kappa shape index (κ2) is 7.66. The van der Waals surface area contributed by atoms with E-state index >= 15 is 0 Å². The summed E-state index contributed by atoms with van der Waals surface area (Å²) in [6.45, 7) is 9.18. The largest absolute Gasteiger partial charge is 0.462 e. The van der Waals surface area contributed by atoms with E-state index in [-0.39, 0.29) is 18.1 Å². The lowest BCUT2D eigenvalue weighted by Gasteiger charge is -2.03. The molecule has 0 saturated heterocycles. The molecule has 0 aliphatic heterocycles. The Morgan fingerprint density at radius 2 is 1.82 bits per heavy atom. The molecular weight excluding hydrogens is 396 g/mol. The zero-order valence-corrected chi connectivity index (χ0v) is 17.7. The highest BCUT2D eigenvalue weighted by atomic mass is 32.1. The number of carbonyl (C=O) groups excluding carboxylic acids is 2. The molecule has 0 aliphatic carbocycles. The second-order valence-electron chi connectivity index (χ2n) is 6.14. The smallest absolute Gasteiger partial charge is 0.348 e. The van der Waals surface area contributed by atoms with Gasteiger partial charge in [0.15, 0.2) is 0 Å². The van der Waals surface area contributed by atoms with E-state index in [1.165, 1.54) is 11.3 Å². The van der Waals surface area contributed by atoms with Gasteiger partial charge in [0, 0.05) is 11.1 Å². The summed E-state index contributed by atoms with van der Waals surface area (Å²) in [6.07, 6.45) is 0. The molecule has 3 aromatic rings. The van der Waals surface area contributed by atoms with Gasteiger partial charge in [0.05, 0.1) is 17.0 Å². The van der Waals surface area contributed by atoms with E-state index in [2.05, 4.69) is 21.4 Å². The number of ether oxygens (including phenoxy) is 1. The summed E-state index contributed by atoms with van der Waals surface area (Å²) in [6, 6.07) is 2.06. The van der Waals surface area contributed by atoms with Crippen molar-refractivity contribution in [2.45, 2.75) is 34.6 Å². The van der Waals surface area contributed by atoms with Crippen LogP contribution in [0.1, 0.15) is 54.5 Å². The molecule has 7 nitrogen and oxygen atoms in total. The lowest BCUT2D eigenvalue weighted by Crippen LogP contribution is -2.11. The maximum atomic E-state index is 12.9. The first-order valence-corrected chi connectivity index (χ1v) is 10.2. The van der Waals surface area contributed by atoms with E-state index in [1.54, 1.807) is 13.8 Å². The van der Waals surface area contributed by atoms with Gasteiger partial charge in [0.1, 0.15) is 26.6 Å². The molecule has 3 rings (SSSR count). The molecule has 0 atom stereocenters. The number of thiophene rings is 2. The number of amides is 1. The predicted octanol–water partition coefficient (Wildman–Crippen LogP) is 4.29. The van der Waals surface area contributed by atoms with Gasteiger partial charge in [-0.1, -0.05) is 0 Å². The molecular formula is C19H18N4O3S2. The summed E-state index contributed by atoms with van der Waals surface area (Å²) in [5, 5.41) is 13.5. The van der Waals surface area contributed by atoms with Crippen molar-refractivity contribution in [2.24, 2.45) is 0 Å². The van der Waals surface area contributed by atoms with Crippen LogP contribution in [0.2, 0.25) is 0 Å². The van der Waals surface area contributed by atoms with Gasteiger partial charge in [-0.15, -0.1) is 22.7 Å². The van der Waals surface area contributed by atoms with Crippen molar-refractivity contribution >= 4 is 49.8 Å². The molecule has 28 heavy (non-hydrogen) atoms. The zero-order chi connectivity index (χ0) is 20.6. The van der Waals surface area contributed by atoms with E-state index in [1.807, 2.05) is 20.8 Å². The van der Waals surface area contributed by atoms with Crippen LogP contribution in [0.15, 0.2) is 0 Å². The molecule has 0 unspecified atom stereocenters. The summed E-state index contributed by atoms with van der Waals surface area (Å²) < 4.78 is 5.03. The Hall–Kier alpha value is -2.83. The van der Waals surface area contributed by atoms with E-state index < -0.39 is 5.97 Å². The van der Waals surface area contributed by atoms with Crippen LogP contribution in [0.3, 0.4) is 0 Å². The van der Waals surface area contributed by atoms with Crippen molar-refractivity contribution in [1.29, 1.82) is 5.26 Å². The first kappa shape index (κ1) is 19.9. The number of aryl methyl sites for hydroxylation is 3. The van der Waals surface area contributed by atoms with E-state index in [4.69, 9.17) is 4.74 Å².